The normalized spacial score (nSPS) is 34.1. The summed E-state index contributed by atoms with van der Waals surface area (Å²) in [5.74, 6) is -3.59. The number of ether oxygens (including phenoxy) is 5. The SMILES string of the molecule is CC[C@H]1OC(=O)[C@H](C)C(=O)[C@H](C)[C@@H](O[C@@H]2O[C@H](C)C[C@H](N(C)C)[C@H]2O)[C@@](C)(OC)C[C@@H](C)/C(=N\OCCNCCCOCCCNCC(C)Cc2ccc(C(C)C)cc2)[C@@H](C)[C@@H](O)[C@]1(C)O. The number of Topliss-reactive ketones (excluding diaryl/α,β-unsaturated/α-hetero) is 1. The molecule has 14 atom stereocenters. The predicted octanol–water partition coefficient (Wildman–Crippen LogP) is 5.50. The van der Waals surface area contributed by atoms with Gasteiger partial charge in [-0.2, -0.15) is 0 Å². The average molecular weight is 935 g/mol. The molecule has 0 radical (unpaired) electrons. The van der Waals surface area contributed by atoms with Gasteiger partial charge in [0.15, 0.2) is 12.1 Å². The molecule has 380 valence electrons. The highest BCUT2D eigenvalue weighted by atomic mass is 16.7. The second-order valence-corrected chi connectivity index (χ2v) is 20.3. The number of nitrogens with zero attached hydrogens (tertiary/aromatic N) is 2. The summed E-state index contributed by atoms with van der Waals surface area (Å²) in [5, 5.41) is 46.7. The van der Waals surface area contributed by atoms with E-state index in [1.165, 1.54) is 32.1 Å². The molecule has 3 rings (SSSR count). The van der Waals surface area contributed by atoms with Crippen molar-refractivity contribution in [3.63, 3.8) is 0 Å². The molecule has 1 unspecified atom stereocenters. The molecule has 66 heavy (non-hydrogen) atoms. The van der Waals surface area contributed by atoms with Gasteiger partial charge in [-0.15, -0.1) is 0 Å². The van der Waals surface area contributed by atoms with Crippen LogP contribution in [0.2, 0.25) is 0 Å². The first-order valence-electron chi connectivity index (χ1n) is 24.7. The van der Waals surface area contributed by atoms with Crippen molar-refractivity contribution in [1.82, 2.24) is 15.5 Å². The van der Waals surface area contributed by atoms with Crippen molar-refractivity contribution in [3.8, 4) is 0 Å². The molecule has 0 saturated carbocycles. The Morgan fingerprint density at radius 3 is 2.15 bits per heavy atom. The number of hydrogen-bond donors (Lipinski definition) is 5. The molecule has 2 heterocycles. The number of hydrogen-bond acceptors (Lipinski definition) is 15. The number of ketones is 1. The number of aliphatic hydroxyl groups excluding tert-OH is 2. The van der Waals surface area contributed by atoms with E-state index in [0.717, 1.165) is 38.9 Å². The van der Waals surface area contributed by atoms with Gasteiger partial charge in [0.25, 0.3) is 0 Å². The topological polar surface area (TPSA) is 190 Å². The summed E-state index contributed by atoms with van der Waals surface area (Å²) in [7, 11) is 5.29. The molecule has 0 bridgehead atoms. The molecule has 2 aliphatic rings. The second-order valence-electron chi connectivity index (χ2n) is 20.3. The van der Waals surface area contributed by atoms with Crippen LogP contribution in [0.15, 0.2) is 29.4 Å². The zero-order valence-electron chi connectivity index (χ0n) is 43.0. The largest absolute Gasteiger partial charge is 0.459 e. The van der Waals surface area contributed by atoms with Crippen LogP contribution in [-0.4, -0.2) is 159 Å². The van der Waals surface area contributed by atoms with E-state index in [1.54, 1.807) is 20.8 Å². The Labute approximate surface area is 397 Å². The fourth-order valence-electron chi connectivity index (χ4n) is 9.54. The van der Waals surface area contributed by atoms with Crippen molar-refractivity contribution in [1.29, 1.82) is 0 Å². The second kappa shape index (κ2) is 27.6. The molecule has 2 fully saturated rings. The van der Waals surface area contributed by atoms with Crippen molar-refractivity contribution in [3.05, 3.63) is 35.4 Å². The smallest absolute Gasteiger partial charge is 0.316 e. The molecule has 0 spiro atoms. The van der Waals surface area contributed by atoms with Gasteiger partial charge in [0.2, 0.25) is 0 Å². The van der Waals surface area contributed by atoms with Crippen LogP contribution in [0.4, 0.5) is 0 Å². The van der Waals surface area contributed by atoms with Gasteiger partial charge in [-0.1, -0.05) is 77.9 Å². The number of esters is 1. The van der Waals surface area contributed by atoms with Crippen LogP contribution in [0.1, 0.15) is 125 Å². The Hall–Kier alpha value is -2.57. The molecule has 2 saturated heterocycles. The van der Waals surface area contributed by atoms with E-state index < -0.39 is 77.3 Å². The number of nitrogens with one attached hydrogen (secondary N) is 2. The third-order valence-electron chi connectivity index (χ3n) is 13.9. The number of carbonyl (C=O) groups excluding carboxylic acids is 2. The molecule has 2 aliphatic heterocycles. The molecule has 1 aromatic rings. The summed E-state index contributed by atoms with van der Waals surface area (Å²) in [6, 6.07) is 8.72. The summed E-state index contributed by atoms with van der Waals surface area (Å²) < 4.78 is 30.8. The minimum absolute atomic E-state index is 0.176. The molecular weight excluding hydrogens is 845 g/mol. The number of carbonyl (C=O) groups is 2. The summed E-state index contributed by atoms with van der Waals surface area (Å²) in [4.78, 5) is 35.7. The van der Waals surface area contributed by atoms with E-state index in [2.05, 4.69) is 60.8 Å². The maximum absolute atomic E-state index is 14.2. The van der Waals surface area contributed by atoms with Gasteiger partial charge in [-0.05, 0) is 123 Å². The van der Waals surface area contributed by atoms with Crippen LogP contribution in [-0.2, 0) is 44.5 Å². The van der Waals surface area contributed by atoms with Gasteiger partial charge in [0.1, 0.15) is 30.3 Å². The van der Waals surface area contributed by atoms with Gasteiger partial charge in [0.05, 0.1) is 29.6 Å². The summed E-state index contributed by atoms with van der Waals surface area (Å²) in [6.45, 7) is 25.2. The number of cyclic esters (lactones) is 1. The van der Waals surface area contributed by atoms with Gasteiger partial charge < -0.3 is 59.4 Å². The fraction of sp³-hybridized carbons (Fsp3) is 0.824. The van der Waals surface area contributed by atoms with Crippen LogP contribution >= 0.6 is 0 Å². The number of aliphatic hydroxyl groups is 3. The van der Waals surface area contributed by atoms with Crippen molar-refractivity contribution in [2.45, 2.75) is 175 Å². The molecular formula is C51H90N4O11. The molecule has 0 amide bonds. The summed E-state index contributed by atoms with van der Waals surface area (Å²) in [6.07, 6.45) is -2.17. The van der Waals surface area contributed by atoms with Gasteiger partial charge in [-0.25, -0.2) is 0 Å². The van der Waals surface area contributed by atoms with Crippen LogP contribution < -0.4 is 10.6 Å². The van der Waals surface area contributed by atoms with Crippen molar-refractivity contribution >= 4 is 17.5 Å². The average Bonchev–Trinajstić information content (AvgIpc) is 3.27. The minimum Gasteiger partial charge on any atom is -0.459 e. The first-order chi connectivity index (χ1) is 31.1. The van der Waals surface area contributed by atoms with Gasteiger partial charge in [0, 0.05) is 50.7 Å². The molecule has 15 nitrogen and oxygen atoms in total. The highest BCUT2D eigenvalue weighted by Crippen LogP contribution is 2.38. The zero-order valence-corrected chi connectivity index (χ0v) is 43.0. The monoisotopic (exact) mass is 935 g/mol. The zero-order chi connectivity index (χ0) is 49.4. The van der Waals surface area contributed by atoms with E-state index in [0.29, 0.717) is 43.7 Å². The maximum atomic E-state index is 14.2. The van der Waals surface area contributed by atoms with Crippen LogP contribution in [0.25, 0.3) is 0 Å². The molecule has 15 heteroatoms. The highest BCUT2D eigenvalue weighted by molar-refractivity contribution is 6.00. The van der Waals surface area contributed by atoms with Crippen LogP contribution in [0, 0.1) is 29.6 Å². The maximum Gasteiger partial charge on any atom is 0.316 e. The Kier molecular flexibility index (Phi) is 24.1. The number of benzene rings is 1. The third-order valence-corrected chi connectivity index (χ3v) is 13.9. The van der Waals surface area contributed by atoms with Crippen LogP contribution in [0.5, 0.6) is 0 Å². The van der Waals surface area contributed by atoms with E-state index in [9.17, 15) is 24.9 Å². The van der Waals surface area contributed by atoms with Crippen molar-refractivity contribution < 1.29 is 53.4 Å². The standard InChI is InChI=1S/C51H90N4O11/c1-15-42-51(11,60)46(58)36(7)43(54-63-27-24-52-22-16-25-62-26-17-23-53-31-33(4)28-39-18-20-40(21-19-39)32(2)3)34(5)30-50(10,61-14)47(37(8)44(56)38(9)48(59)65-42)66-49-45(57)41(55(12)13)29-35(6)64-49/h18-21,32-38,41-42,45-47,49,52-53,57-58,60H,15-17,22-31H2,1-14H3/b54-43+/t33?,34-,35-,36-,37+,38-,41+,42-,45-,46-,47-,49+,50+,51-/m1/s1. The van der Waals surface area contributed by atoms with Crippen molar-refractivity contribution in [2.75, 3.05) is 67.2 Å². The molecule has 5 N–H and O–H groups in total. The summed E-state index contributed by atoms with van der Waals surface area (Å²) in [5.41, 5.74) is 0.0679. The molecule has 0 aliphatic carbocycles. The lowest BCUT2D eigenvalue weighted by Crippen LogP contribution is -2.60. The molecule has 0 aromatic heterocycles. The first kappa shape index (κ1) is 57.7. The molecule has 1 aromatic carbocycles. The minimum atomic E-state index is -1.91. The van der Waals surface area contributed by atoms with Gasteiger partial charge in [-0.3, -0.25) is 9.59 Å². The number of methoxy groups -OCH3 is 1. The first-order valence-corrected chi connectivity index (χ1v) is 24.7. The lowest BCUT2D eigenvalue weighted by Gasteiger charge is -2.47. The van der Waals surface area contributed by atoms with Crippen molar-refractivity contribution in [2.24, 2.45) is 34.7 Å². The van der Waals surface area contributed by atoms with E-state index in [4.69, 9.17) is 28.5 Å². The third kappa shape index (κ3) is 16.5. The highest BCUT2D eigenvalue weighted by Gasteiger charge is 2.51. The number of rotatable bonds is 22. The Morgan fingerprint density at radius 1 is 0.924 bits per heavy atom. The predicted molar refractivity (Wildman–Crippen MR) is 258 cm³/mol. The lowest BCUT2D eigenvalue weighted by molar-refractivity contribution is -0.295. The Morgan fingerprint density at radius 2 is 1.56 bits per heavy atom. The fourth-order valence-corrected chi connectivity index (χ4v) is 9.54. The number of likely N-dealkylation sites (N-methyl/N-ethyl adjacent to an activating group) is 1. The van der Waals surface area contributed by atoms with Crippen LogP contribution in [0.3, 0.4) is 0 Å². The van der Waals surface area contributed by atoms with E-state index in [-0.39, 0.29) is 31.6 Å². The number of oxime groups is 1. The Bertz CT molecular complexity index is 1610. The van der Waals surface area contributed by atoms with Gasteiger partial charge >= 0.3 is 5.97 Å². The summed E-state index contributed by atoms with van der Waals surface area (Å²) >= 11 is 0. The van der Waals surface area contributed by atoms with E-state index in [1.807, 2.05) is 39.8 Å². The lowest BCUT2D eigenvalue weighted by atomic mass is 9.74. The van der Waals surface area contributed by atoms with E-state index >= 15 is 0 Å². The Balaban J connectivity index is 1.64. The quantitative estimate of drug-likeness (QED) is 0.0424.